The van der Waals surface area contributed by atoms with E-state index < -0.39 is 5.97 Å². The molecule has 0 aromatic rings. The van der Waals surface area contributed by atoms with Crippen LogP contribution in [0.1, 0.15) is 32.6 Å². The van der Waals surface area contributed by atoms with Gasteiger partial charge >= 0.3 is 5.97 Å². The highest BCUT2D eigenvalue weighted by molar-refractivity contribution is 5.73. The molecule has 2 aliphatic rings. The van der Waals surface area contributed by atoms with Gasteiger partial charge in [0.25, 0.3) is 0 Å². The van der Waals surface area contributed by atoms with Gasteiger partial charge < -0.3 is 14.7 Å². The minimum Gasteiger partial charge on any atom is -0.480 e. The van der Waals surface area contributed by atoms with Crippen LogP contribution in [0.3, 0.4) is 0 Å². The summed E-state index contributed by atoms with van der Waals surface area (Å²) in [4.78, 5) is 16.0. The molecular weight excluding hydrogens is 256 g/mol. The van der Waals surface area contributed by atoms with Crippen LogP contribution in [0.4, 0.5) is 0 Å². The molecule has 0 aromatic heterocycles. The number of ether oxygens (including phenoxy) is 1. The average Bonchev–Trinajstić information content (AvgIpc) is 2.89. The minimum atomic E-state index is -0.640. The van der Waals surface area contributed by atoms with Gasteiger partial charge in [0.05, 0.1) is 0 Å². The number of rotatable bonds is 6. The first-order valence-electron chi connectivity index (χ1n) is 7.81. The summed E-state index contributed by atoms with van der Waals surface area (Å²) in [7, 11) is 1.75. The first-order chi connectivity index (χ1) is 9.61. The van der Waals surface area contributed by atoms with Gasteiger partial charge in [0.1, 0.15) is 6.04 Å². The van der Waals surface area contributed by atoms with E-state index >= 15 is 0 Å². The molecule has 2 unspecified atom stereocenters. The Balaban J connectivity index is 1.78. The van der Waals surface area contributed by atoms with Crippen molar-refractivity contribution in [3.8, 4) is 0 Å². The number of hydrogen-bond acceptors (Lipinski definition) is 4. The van der Waals surface area contributed by atoms with E-state index in [4.69, 9.17) is 4.74 Å². The SMILES string of the molecule is COCC(C)CN1CCC(N2CCCC2C(=O)O)CC1. The third-order valence-corrected chi connectivity index (χ3v) is 4.63. The fraction of sp³-hybridized carbons (Fsp3) is 0.933. The summed E-state index contributed by atoms with van der Waals surface area (Å²) >= 11 is 0. The van der Waals surface area contributed by atoms with Crippen molar-refractivity contribution in [2.24, 2.45) is 5.92 Å². The summed E-state index contributed by atoms with van der Waals surface area (Å²) in [6.45, 7) is 7.25. The van der Waals surface area contributed by atoms with Crippen molar-refractivity contribution in [3.05, 3.63) is 0 Å². The summed E-state index contributed by atoms with van der Waals surface area (Å²) < 4.78 is 5.19. The monoisotopic (exact) mass is 284 g/mol. The Bertz CT molecular complexity index is 316. The molecule has 2 atom stereocenters. The number of carboxylic acids is 1. The Hall–Kier alpha value is -0.650. The van der Waals surface area contributed by atoms with Crippen molar-refractivity contribution in [1.29, 1.82) is 0 Å². The van der Waals surface area contributed by atoms with Gasteiger partial charge in [-0.2, -0.15) is 0 Å². The summed E-state index contributed by atoms with van der Waals surface area (Å²) in [5.74, 6) is -0.0752. The van der Waals surface area contributed by atoms with Crippen molar-refractivity contribution in [2.75, 3.05) is 39.9 Å². The summed E-state index contributed by atoms with van der Waals surface area (Å²) in [6.07, 6.45) is 4.05. The molecule has 1 N–H and O–H groups in total. The van der Waals surface area contributed by atoms with E-state index in [2.05, 4.69) is 16.7 Å². The molecule has 5 heteroatoms. The zero-order chi connectivity index (χ0) is 14.5. The van der Waals surface area contributed by atoms with Crippen LogP contribution in [0.15, 0.2) is 0 Å². The number of methoxy groups -OCH3 is 1. The van der Waals surface area contributed by atoms with Crippen molar-refractivity contribution in [3.63, 3.8) is 0 Å². The highest BCUT2D eigenvalue weighted by Crippen LogP contribution is 2.26. The molecule has 2 fully saturated rings. The lowest BCUT2D eigenvalue weighted by Gasteiger charge is -2.39. The Labute approximate surface area is 121 Å². The van der Waals surface area contributed by atoms with Gasteiger partial charge in [0.15, 0.2) is 0 Å². The average molecular weight is 284 g/mol. The third-order valence-electron chi connectivity index (χ3n) is 4.63. The maximum atomic E-state index is 11.3. The van der Waals surface area contributed by atoms with Gasteiger partial charge in [0, 0.05) is 26.3 Å². The van der Waals surface area contributed by atoms with Crippen molar-refractivity contribution >= 4 is 5.97 Å². The highest BCUT2D eigenvalue weighted by Gasteiger charge is 2.36. The number of likely N-dealkylation sites (tertiary alicyclic amines) is 2. The lowest BCUT2D eigenvalue weighted by atomic mass is 10.0. The summed E-state index contributed by atoms with van der Waals surface area (Å²) in [6, 6.07) is 0.228. The van der Waals surface area contributed by atoms with Gasteiger partial charge in [-0.1, -0.05) is 6.92 Å². The van der Waals surface area contributed by atoms with Crippen LogP contribution in [0, 0.1) is 5.92 Å². The van der Waals surface area contributed by atoms with E-state index in [9.17, 15) is 9.90 Å². The Morgan fingerprint density at radius 3 is 2.60 bits per heavy atom. The molecule has 0 aliphatic carbocycles. The van der Waals surface area contributed by atoms with Crippen LogP contribution in [0.2, 0.25) is 0 Å². The maximum Gasteiger partial charge on any atom is 0.320 e. The highest BCUT2D eigenvalue weighted by atomic mass is 16.5. The largest absolute Gasteiger partial charge is 0.480 e. The molecule has 2 saturated heterocycles. The Morgan fingerprint density at radius 1 is 1.30 bits per heavy atom. The second-order valence-corrected chi connectivity index (χ2v) is 6.33. The van der Waals surface area contributed by atoms with E-state index in [0.29, 0.717) is 12.0 Å². The predicted octanol–water partition coefficient (Wildman–Crippen LogP) is 1.28. The van der Waals surface area contributed by atoms with E-state index in [0.717, 1.165) is 58.5 Å². The molecule has 2 aliphatic heterocycles. The smallest absolute Gasteiger partial charge is 0.320 e. The van der Waals surface area contributed by atoms with Gasteiger partial charge in [-0.15, -0.1) is 0 Å². The summed E-state index contributed by atoms with van der Waals surface area (Å²) in [5.41, 5.74) is 0. The number of piperidine rings is 1. The van der Waals surface area contributed by atoms with Crippen LogP contribution < -0.4 is 0 Å². The van der Waals surface area contributed by atoms with E-state index in [1.165, 1.54) is 0 Å². The molecule has 116 valence electrons. The van der Waals surface area contributed by atoms with E-state index in [1.54, 1.807) is 7.11 Å². The lowest BCUT2D eigenvalue weighted by molar-refractivity contribution is -0.143. The van der Waals surface area contributed by atoms with E-state index in [1.807, 2.05) is 0 Å². The van der Waals surface area contributed by atoms with Crippen molar-refractivity contribution < 1.29 is 14.6 Å². The fourth-order valence-corrected chi connectivity index (χ4v) is 3.70. The zero-order valence-electron chi connectivity index (χ0n) is 12.8. The van der Waals surface area contributed by atoms with Crippen LogP contribution in [-0.4, -0.2) is 72.9 Å². The molecule has 20 heavy (non-hydrogen) atoms. The molecule has 0 aromatic carbocycles. The first-order valence-corrected chi connectivity index (χ1v) is 7.81. The van der Waals surface area contributed by atoms with E-state index in [-0.39, 0.29) is 6.04 Å². The molecule has 0 radical (unpaired) electrons. The molecule has 0 bridgehead atoms. The fourth-order valence-electron chi connectivity index (χ4n) is 3.70. The summed E-state index contributed by atoms with van der Waals surface area (Å²) in [5, 5.41) is 9.28. The molecule has 2 heterocycles. The van der Waals surface area contributed by atoms with Crippen LogP contribution in [0.5, 0.6) is 0 Å². The molecule has 5 nitrogen and oxygen atoms in total. The number of aliphatic carboxylic acids is 1. The van der Waals surface area contributed by atoms with Crippen molar-refractivity contribution in [2.45, 2.75) is 44.7 Å². The lowest BCUT2D eigenvalue weighted by Crippen LogP contribution is -2.49. The van der Waals surface area contributed by atoms with Gasteiger partial charge in [-0.3, -0.25) is 9.69 Å². The normalized spacial score (nSPS) is 27.8. The predicted molar refractivity (Wildman–Crippen MR) is 77.9 cm³/mol. The standard InChI is InChI=1S/C15H28N2O3/c1-12(11-20-2)10-16-8-5-13(6-9-16)17-7-3-4-14(17)15(18)19/h12-14H,3-11H2,1-2H3,(H,18,19). The second-order valence-electron chi connectivity index (χ2n) is 6.33. The first kappa shape index (κ1) is 15.7. The molecule has 0 spiro atoms. The van der Waals surface area contributed by atoms with Crippen LogP contribution >= 0.6 is 0 Å². The number of carboxylic acid groups (broad SMARTS) is 1. The maximum absolute atomic E-state index is 11.3. The zero-order valence-corrected chi connectivity index (χ0v) is 12.8. The van der Waals surface area contributed by atoms with Crippen LogP contribution in [-0.2, 0) is 9.53 Å². The molecular formula is C15H28N2O3. The third kappa shape index (κ3) is 3.93. The number of hydrogen-bond donors (Lipinski definition) is 1. The number of carbonyl (C=O) groups is 1. The molecule has 0 saturated carbocycles. The number of nitrogens with zero attached hydrogens (tertiary/aromatic N) is 2. The Morgan fingerprint density at radius 2 is 2.00 bits per heavy atom. The van der Waals surface area contributed by atoms with Gasteiger partial charge in [0.2, 0.25) is 0 Å². The molecule has 0 amide bonds. The molecule has 2 rings (SSSR count). The van der Waals surface area contributed by atoms with Gasteiger partial charge in [-0.25, -0.2) is 0 Å². The topological polar surface area (TPSA) is 53.0 Å². The Kier molecular flexibility index (Phi) is 5.81. The van der Waals surface area contributed by atoms with Crippen molar-refractivity contribution in [1.82, 2.24) is 9.80 Å². The van der Waals surface area contributed by atoms with Crippen LogP contribution in [0.25, 0.3) is 0 Å². The van der Waals surface area contributed by atoms with Gasteiger partial charge in [-0.05, 0) is 51.2 Å². The minimum absolute atomic E-state index is 0.237. The second kappa shape index (κ2) is 7.38. The quantitative estimate of drug-likeness (QED) is 0.796.